The first-order valence-electron chi connectivity index (χ1n) is 7.43. The van der Waals surface area contributed by atoms with E-state index in [9.17, 15) is 0 Å². The van der Waals surface area contributed by atoms with E-state index in [1.807, 2.05) is 29.2 Å². The van der Waals surface area contributed by atoms with Crippen LogP contribution in [0.3, 0.4) is 0 Å². The van der Waals surface area contributed by atoms with E-state index in [1.54, 1.807) is 0 Å². The van der Waals surface area contributed by atoms with Crippen LogP contribution in [0.25, 0.3) is 11.0 Å². The Balaban J connectivity index is 1.70. The molecule has 0 bridgehead atoms. The van der Waals surface area contributed by atoms with Crippen LogP contribution in [0, 0.1) is 0 Å². The molecule has 1 atom stereocenters. The molecule has 0 amide bonds. The van der Waals surface area contributed by atoms with Gasteiger partial charge in [-0.1, -0.05) is 12.1 Å². The van der Waals surface area contributed by atoms with Crippen molar-refractivity contribution < 1.29 is 0 Å². The van der Waals surface area contributed by atoms with Gasteiger partial charge in [-0.15, -0.1) is 0 Å². The maximum absolute atomic E-state index is 4.73. The highest BCUT2D eigenvalue weighted by Crippen LogP contribution is 2.15. The summed E-state index contributed by atoms with van der Waals surface area (Å²) in [7, 11) is 0. The zero-order valence-electron chi connectivity index (χ0n) is 12.5. The molecular formula is C16H21N5. The summed E-state index contributed by atoms with van der Waals surface area (Å²) < 4.78 is 4.21. The average molecular weight is 283 g/mol. The van der Waals surface area contributed by atoms with E-state index in [1.165, 1.54) is 5.52 Å². The predicted octanol–water partition coefficient (Wildman–Crippen LogP) is 2.43. The Morgan fingerprint density at radius 2 is 2.10 bits per heavy atom. The summed E-state index contributed by atoms with van der Waals surface area (Å²) in [6.45, 7) is 6.89. The molecule has 0 fully saturated rings. The number of nitrogens with one attached hydrogen (secondary N) is 1. The van der Waals surface area contributed by atoms with Gasteiger partial charge in [0.1, 0.15) is 5.82 Å². The van der Waals surface area contributed by atoms with Crippen LogP contribution in [0.15, 0.2) is 42.7 Å². The Kier molecular flexibility index (Phi) is 4.01. The van der Waals surface area contributed by atoms with Crippen LogP contribution in [0.5, 0.6) is 0 Å². The predicted molar refractivity (Wildman–Crippen MR) is 83.9 cm³/mol. The smallest absolute Gasteiger partial charge is 0.123 e. The number of hydrogen-bond donors (Lipinski definition) is 1. The highest BCUT2D eigenvalue weighted by molar-refractivity contribution is 5.75. The van der Waals surface area contributed by atoms with Crippen molar-refractivity contribution >= 4 is 11.0 Å². The van der Waals surface area contributed by atoms with Gasteiger partial charge in [-0.25, -0.2) is 4.98 Å². The van der Waals surface area contributed by atoms with Gasteiger partial charge in [-0.3, -0.25) is 4.68 Å². The Morgan fingerprint density at radius 1 is 1.24 bits per heavy atom. The lowest BCUT2D eigenvalue weighted by molar-refractivity contribution is 0.441. The van der Waals surface area contributed by atoms with Gasteiger partial charge in [0.15, 0.2) is 0 Å². The Morgan fingerprint density at radius 3 is 2.86 bits per heavy atom. The average Bonchev–Trinajstić information content (AvgIpc) is 3.11. The summed E-state index contributed by atoms with van der Waals surface area (Å²) >= 11 is 0. The van der Waals surface area contributed by atoms with E-state index >= 15 is 0 Å². The van der Waals surface area contributed by atoms with E-state index in [2.05, 4.69) is 47.0 Å². The fourth-order valence-electron chi connectivity index (χ4n) is 2.63. The van der Waals surface area contributed by atoms with Crippen molar-refractivity contribution in [3.05, 3.63) is 48.5 Å². The highest BCUT2D eigenvalue weighted by atomic mass is 15.3. The van der Waals surface area contributed by atoms with Gasteiger partial charge in [0.2, 0.25) is 0 Å². The largest absolute Gasteiger partial charge is 0.327 e. The van der Waals surface area contributed by atoms with Crippen LogP contribution >= 0.6 is 0 Å². The molecule has 1 N–H and O–H groups in total. The molecule has 0 aliphatic rings. The van der Waals surface area contributed by atoms with Crippen molar-refractivity contribution in [3.8, 4) is 0 Å². The summed E-state index contributed by atoms with van der Waals surface area (Å²) in [6, 6.07) is 10.6. The molecule has 5 heteroatoms. The van der Waals surface area contributed by atoms with E-state index in [0.29, 0.717) is 6.04 Å². The molecule has 2 heterocycles. The van der Waals surface area contributed by atoms with Crippen LogP contribution in [0.1, 0.15) is 19.7 Å². The van der Waals surface area contributed by atoms with E-state index < -0.39 is 0 Å². The van der Waals surface area contributed by atoms with Gasteiger partial charge in [-0.2, -0.15) is 5.10 Å². The maximum Gasteiger partial charge on any atom is 0.123 e. The number of para-hydroxylation sites is 2. The molecular weight excluding hydrogens is 262 g/mol. The summed E-state index contributed by atoms with van der Waals surface area (Å²) in [6.07, 6.45) is 3.79. The quantitative estimate of drug-likeness (QED) is 0.756. The van der Waals surface area contributed by atoms with Crippen molar-refractivity contribution in [2.75, 3.05) is 0 Å². The molecule has 3 aromatic rings. The molecule has 110 valence electrons. The lowest BCUT2D eigenvalue weighted by Crippen LogP contribution is -2.31. The van der Waals surface area contributed by atoms with Crippen molar-refractivity contribution in [2.24, 2.45) is 0 Å². The number of aromatic nitrogens is 4. The minimum absolute atomic E-state index is 0.343. The second kappa shape index (κ2) is 6.10. The van der Waals surface area contributed by atoms with Gasteiger partial charge >= 0.3 is 0 Å². The number of imidazole rings is 1. The van der Waals surface area contributed by atoms with Crippen LogP contribution in [0.2, 0.25) is 0 Å². The fourth-order valence-corrected chi connectivity index (χ4v) is 2.63. The molecule has 0 saturated carbocycles. The first-order valence-corrected chi connectivity index (χ1v) is 7.43. The number of aryl methyl sites for hydroxylation is 1. The van der Waals surface area contributed by atoms with Crippen LogP contribution < -0.4 is 5.32 Å². The third kappa shape index (κ3) is 2.97. The number of benzene rings is 1. The number of fused-ring (bicyclic) bond motifs is 1. The molecule has 5 nitrogen and oxygen atoms in total. The minimum atomic E-state index is 0.343. The highest BCUT2D eigenvalue weighted by Gasteiger charge is 2.10. The van der Waals surface area contributed by atoms with Crippen LogP contribution in [-0.4, -0.2) is 25.4 Å². The van der Waals surface area contributed by atoms with Crippen molar-refractivity contribution in [2.45, 2.75) is 39.5 Å². The maximum atomic E-state index is 4.73. The van der Waals surface area contributed by atoms with Gasteiger partial charge in [0, 0.05) is 25.0 Å². The van der Waals surface area contributed by atoms with E-state index in [-0.39, 0.29) is 0 Å². The standard InChI is InChI=1S/C16H21N5/c1-3-21-15-8-5-4-7-14(15)19-16(21)11-17-13(2)12-20-10-6-9-18-20/h4-10,13,17H,3,11-12H2,1-2H3/t13-/m1/s1. The third-order valence-corrected chi connectivity index (χ3v) is 3.68. The summed E-state index contributed by atoms with van der Waals surface area (Å²) in [4.78, 5) is 4.73. The van der Waals surface area contributed by atoms with Crippen molar-refractivity contribution in [1.29, 1.82) is 0 Å². The zero-order valence-corrected chi connectivity index (χ0v) is 12.5. The number of rotatable bonds is 6. The first-order chi connectivity index (χ1) is 10.3. The Hall–Kier alpha value is -2.14. The van der Waals surface area contributed by atoms with Crippen LogP contribution in [-0.2, 0) is 19.6 Å². The van der Waals surface area contributed by atoms with E-state index in [4.69, 9.17) is 4.98 Å². The first kappa shape index (κ1) is 13.8. The molecule has 0 radical (unpaired) electrons. The van der Waals surface area contributed by atoms with E-state index in [0.717, 1.165) is 31.0 Å². The van der Waals surface area contributed by atoms with Gasteiger partial charge in [0.05, 0.1) is 24.1 Å². The summed E-state index contributed by atoms with van der Waals surface area (Å²) in [5.74, 6) is 1.09. The van der Waals surface area contributed by atoms with Crippen molar-refractivity contribution in [1.82, 2.24) is 24.6 Å². The number of hydrogen-bond acceptors (Lipinski definition) is 3. The normalized spacial score (nSPS) is 12.9. The molecule has 1 aromatic carbocycles. The van der Waals surface area contributed by atoms with Crippen molar-refractivity contribution in [3.63, 3.8) is 0 Å². The van der Waals surface area contributed by atoms with Gasteiger partial charge in [0.25, 0.3) is 0 Å². The lowest BCUT2D eigenvalue weighted by atomic mass is 10.3. The van der Waals surface area contributed by atoms with Crippen LogP contribution in [0.4, 0.5) is 0 Å². The zero-order chi connectivity index (χ0) is 14.7. The molecule has 3 rings (SSSR count). The summed E-state index contributed by atoms with van der Waals surface area (Å²) in [5.41, 5.74) is 2.27. The van der Waals surface area contributed by atoms with Gasteiger partial charge in [-0.05, 0) is 32.0 Å². The lowest BCUT2D eigenvalue weighted by Gasteiger charge is -2.14. The molecule has 2 aromatic heterocycles. The topological polar surface area (TPSA) is 47.7 Å². The molecule has 0 spiro atoms. The Labute approximate surface area is 124 Å². The molecule has 0 saturated heterocycles. The fraction of sp³-hybridized carbons (Fsp3) is 0.375. The molecule has 21 heavy (non-hydrogen) atoms. The summed E-state index contributed by atoms with van der Waals surface area (Å²) in [5, 5.41) is 7.76. The Bertz CT molecular complexity index is 699. The molecule has 0 aliphatic carbocycles. The number of nitrogens with zero attached hydrogens (tertiary/aromatic N) is 4. The molecule has 0 unspecified atom stereocenters. The molecule has 0 aliphatic heterocycles. The minimum Gasteiger partial charge on any atom is -0.327 e. The monoisotopic (exact) mass is 283 g/mol. The second-order valence-electron chi connectivity index (χ2n) is 5.27. The van der Waals surface area contributed by atoms with Gasteiger partial charge < -0.3 is 9.88 Å². The second-order valence-corrected chi connectivity index (χ2v) is 5.27. The SMILES string of the molecule is CCn1c(CN[C@H](C)Cn2cccn2)nc2ccccc21. The third-order valence-electron chi connectivity index (χ3n) is 3.68.